The average Bonchev–Trinajstić information content (AvgIpc) is 3.02. The van der Waals surface area contributed by atoms with Gasteiger partial charge in [0.1, 0.15) is 6.10 Å². The first kappa shape index (κ1) is 44.2. The summed E-state index contributed by atoms with van der Waals surface area (Å²) in [4.78, 5) is 22.3. The van der Waals surface area contributed by atoms with E-state index in [0.717, 1.165) is 32.1 Å². The summed E-state index contributed by atoms with van der Waals surface area (Å²) in [6.45, 7) is 4.87. The molecule has 2 unspecified atom stereocenters. The minimum Gasteiger partial charge on any atom is -0.457 e. The van der Waals surface area contributed by atoms with Crippen molar-refractivity contribution in [1.82, 2.24) is 0 Å². The number of phosphoric ester groups is 1. The Morgan fingerprint density at radius 2 is 1.16 bits per heavy atom. The summed E-state index contributed by atoms with van der Waals surface area (Å²) in [6.07, 6.45) is 33.6. The molecule has 0 spiro atoms. The molecule has 0 aliphatic rings. The van der Waals surface area contributed by atoms with Crippen LogP contribution in [0.4, 0.5) is 0 Å². The first-order valence-corrected chi connectivity index (χ1v) is 20.2. The lowest BCUT2D eigenvalue weighted by atomic mass is 10.0. The number of esters is 1. The predicted molar refractivity (Wildman–Crippen MR) is 187 cm³/mol. The molecule has 0 heterocycles. The van der Waals surface area contributed by atoms with E-state index in [1.807, 2.05) is 0 Å². The predicted octanol–water partition coefficient (Wildman–Crippen LogP) is 10.4. The third-order valence-electron chi connectivity index (χ3n) is 7.91. The molecule has 0 saturated heterocycles. The summed E-state index contributed by atoms with van der Waals surface area (Å²) in [7, 11) is -4.26. The summed E-state index contributed by atoms with van der Waals surface area (Å²) >= 11 is 0. The maximum atomic E-state index is 12.5. The Morgan fingerprint density at radius 1 is 0.644 bits per heavy atom. The molecule has 0 bridgehead atoms. The van der Waals surface area contributed by atoms with Crippen LogP contribution in [-0.4, -0.2) is 49.9 Å². The Hall–Kier alpha value is -0.760. The van der Waals surface area contributed by atoms with E-state index in [9.17, 15) is 14.3 Å². The molecule has 0 radical (unpaired) electrons. The Kier molecular flexibility index (Phi) is 34.0. The Balaban J connectivity index is 4.06. The van der Waals surface area contributed by atoms with Gasteiger partial charge in [0.05, 0.1) is 19.8 Å². The summed E-state index contributed by atoms with van der Waals surface area (Å²) < 4.78 is 33.2. The van der Waals surface area contributed by atoms with Crippen LogP contribution in [0.2, 0.25) is 0 Å². The molecule has 0 aromatic heterocycles. The molecule has 0 aliphatic heterocycles. The number of carbonyl (C=O) groups excluding carboxylic acids is 1. The number of nitrogens with two attached hydrogens (primary N) is 1. The largest absolute Gasteiger partial charge is 0.472 e. The summed E-state index contributed by atoms with van der Waals surface area (Å²) in [5.41, 5.74) is 5.34. The van der Waals surface area contributed by atoms with Crippen LogP contribution in [0.1, 0.15) is 174 Å². The number of hydrogen-bond acceptors (Lipinski definition) is 7. The van der Waals surface area contributed by atoms with Gasteiger partial charge in [-0.1, -0.05) is 148 Å². The highest BCUT2D eigenvalue weighted by molar-refractivity contribution is 7.47. The van der Waals surface area contributed by atoms with E-state index in [0.29, 0.717) is 13.0 Å². The van der Waals surface area contributed by atoms with E-state index >= 15 is 0 Å². The van der Waals surface area contributed by atoms with Crippen LogP contribution in [0.3, 0.4) is 0 Å². The van der Waals surface area contributed by atoms with Gasteiger partial charge in [0.25, 0.3) is 0 Å². The van der Waals surface area contributed by atoms with Crippen molar-refractivity contribution in [2.45, 2.75) is 180 Å². The van der Waals surface area contributed by atoms with E-state index in [1.165, 1.54) is 122 Å². The monoisotopic (exact) mass is 662 g/mol. The highest BCUT2D eigenvalue weighted by atomic mass is 31.2. The van der Waals surface area contributed by atoms with Crippen molar-refractivity contribution < 1.29 is 32.8 Å². The first-order valence-electron chi connectivity index (χ1n) is 18.7. The van der Waals surface area contributed by atoms with Crippen LogP contribution >= 0.6 is 7.82 Å². The highest BCUT2D eigenvalue weighted by Crippen LogP contribution is 2.43. The maximum Gasteiger partial charge on any atom is 0.472 e. The van der Waals surface area contributed by atoms with Gasteiger partial charge in [0.2, 0.25) is 0 Å². The number of phosphoric acid groups is 1. The van der Waals surface area contributed by atoms with Crippen LogP contribution in [0.5, 0.6) is 0 Å². The maximum absolute atomic E-state index is 12.5. The van der Waals surface area contributed by atoms with E-state index < -0.39 is 13.9 Å². The van der Waals surface area contributed by atoms with Crippen molar-refractivity contribution >= 4 is 13.8 Å². The minimum atomic E-state index is -4.26. The van der Waals surface area contributed by atoms with E-state index in [2.05, 4.69) is 26.0 Å². The molecule has 45 heavy (non-hydrogen) atoms. The molecule has 0 rings (SSSR count). The van der Waals surface area contributed by atoms with Gasteiger partial charge >= 0.3 is 13.8 Å². The SMILES string of the molecule is CCC/C=C\CCCCCCCCOCC(COP(=O)(O)OCCN)OC(=O)CCCCCCCCCCCCCCCCC. The minimum absolute atomic E-state index is 0.0938. The van der Waals surface area contributed by atoms with Crippen LogP contribution < -0.4 is 5.73 Å². The van der Waals surface area contributed by atoms with Gasteiger partial charge in [-0.25, -0.2) is 4.57 Å². The van der Waals surface area contributed by atoms with Gasteiger partial charge in [-0.15, -0.1) is 0 Å². The van der Waals surface area contributed by atoms with Crippen LogP contribution in [0.25, 0.3) is 0 Å². The molecule has 2 atom stereocenters. The van der Waals surface area contributed by atoms with Crippen molar-refractivity contribution in [3.63, 3.8) is 0 Å². The summed E-state index contributed by atoms with van der Waals surface area (Å²) in [6, 6.07) is 0. The fourth-order valence-electron chi connectivity index (χ4n) is 5.17. The van der Waals surface area contributed by atoms with E-state index in [-0.39, 0.29) is 32.3 Å². The van der Waals surface area contributed by atoms with Gasteiger partial charge < -0.3 is 20.1 Å². The first-order chi connectivity index (χ1) is 21.9. The molecule has 0 aliphatic carbocycles. The molecule has 0 fully saturated rings. The third-order valence-corrected chi connectivity index (χ3v) is 8.90. The van der Waals surface area contributed by atoms with Crippen molar-refractivity contribution in [3.8, 4) is 0 Å². The fourth-order valence-corrected chi connectivity index (χ4v) is 5.94. The molecular weight excluding hydrogens is 589 g/mol. The second kappa shape index (κ2) is 34.6. The Labute approximate surface area is 277 Å². The van der Waals surface area contributed by atoms with E-state index in [4.69, 9.17) is 24.3 Å². The Bertz CT molecular complexity index is 707. The van der Waals surface area contributed by atoms with Crippen molar-refractivity contribution in [2.24, 2.45) is 5.73 Å². The number of hydrogen-bond donors (Lipinski definition) is 2. The quantitative estimate of drug-likeness (QED) is 0.0295. The zero-order chi connectivity index (χ0) is 33.1. The standard InChI is InChI=1S/C36H72NO7P/c1-3-5-7-9-11-13-15-16-17-18-19-21-23-25-27-29-36(38)44-35(34-43-45(39,40)42-32-30-37)33-41-31-28-26-24-22-20-14-12-10-8-6-4-2/h8,10,35H,3-7,9,11-34,37H2,1-2H3,(H,39,40)/b10-8-. The lowest BCUT2D eigenvalue weighted by Gasteiger charge is -2.20. The van der Waals surface area contributed by atoms with Crippen LogP contribution in [0.15, 0.2) is 12.2 Å². The topological polar surface area (TPSA) is 117 Å². The number of ether oxygens (including phenoxy) is 2. The number of rotatable bonds is 36. The molecule has 0 aromatic carbocycles. The highest BCUT2D eigenvalue weighted by Gasteiger charge is 2.25. The fraction of sp³-hybridized carbons (Fsp3) is 0.917. The molecule has 9 heteroatoms. The third kappa shape index (κ3) is 34.4. The van der Waals surface area contributed by atoms with Crippen LogP contribution in [-0.2, 0) is 27.9 Å². The molecule has 268 valence electrons. The molecular formula is C36H72NO7P. The molecule has 0 amide bonds. The summed E-state index contributed by atoms with van der Waals surface area (Å²) in [5.74, 6) is -0.331. The normalized spacial score (nSPS) is 13.8. The second-order valence-electron chi connectivity index (χ2n) is 12.4. The number of unbranched alkanes of at least 4 members (excludes halogenated alkanes) is 21. The lowest BCUT2D eigenvalue weighted by Crippen LogP contribution is -2.28. The average molecular weight is 662 g/mol. The number of carbonyl (C=O) groups is 1. The van der Waals surface area contributed by atoms with Crippen LogP contribution in [0, 0.1) is 0 Å². The molecule has 3 N–H and O–H groups in total. The van der Waals surface area contributed by atoms with Crippen molar-refractivity contribution in [2.75, 3.05) is 33.0 Å². The molecule has 0 aromatic rings. The zero-order valence-electron chi connectivity index (χ0n) is 29.4. The lowest BCUT2D eigenvalue weighted by molar-refractivity contribution is -0.154. The summed E-state index contributed by atoms with van der Waals surface area (Å²) in [5, 5.41) is 0. The molecule has 0 saturated carbocycles. The van der Waals surface area contributed by atoms with Crippen molar-refractivity contribution in [3.05, 3.63) is 12.2 Å². The van der Waals surface area contributed by atoms with E-state index in [1.54, 1.807) is 0 Å². The zero-order valence-corrected chi connectivity index (χ0v) is 30.3. The van der Waals surface area contributed by atoms with Gasteiger partial charge in [-0.3, -0.25) is 13.8 Å². The molecule has 8 nitrogen and oxygen atoms in total. The Morgan fingerprint density at radius 3 is 1.71 bits per heavy atom. The van der Waals surface area contributed by atoms with Gasteiger partial charge in [0, 0.05) is 19.6 Å². The van der Waals surface area contributed by atoms with Gasteiger partial charge in [0.15, 0.2) is 0 Å². The smallest absolute Gasteiger partial charge is 0.457 e. The number of allylic oxidation sites excluding steroid dienone is 2. The van der Waals surface area contributed by atoms with Gasteiger partial charge in [-0.05, 0) is 32.1 Å². The van der Waals surface area contributed by atoms with Crippen molar-refractivity contribution in [1.29, 1.82) is 0 Å². The second-order valence-corrected chi connectivity index (χ2v) is 13.9. The van der Waals surface area contributed by atoms with Gasteiger partial charge in [-0.2, -0.15) is 0 Å².